The molecule has 1 heterocycles. The molecule has 0 amide bonds. The van der Waals surface area contributed by atoms with Gasteiger partial charge in [-0.25, -0.2) is 4.79 Å². The molecule has 4 nitrogen and oxygen atoms in total. The average molecular weight is 280 g/mol. The highest BCUT2D eigenvalue weighted by atomic mass is 32.2. The van der Waals surface area contributed by atoms with E-state index in [1.807, 2.05) is 23.9 Å². The lowest BCUT2D eigenvalue weighted by Gasteiger charge is -2.24. The standard InChI is InChI=1S/C14H20N2O2S/c1-14(7-4-8-19-14)9-16-11-6-3-5-10(12(11)15)13(17)18-2/h3,5-6,16H,4,7-9,15H2,1-2H3. The normalized spacial score (nSPS) is 22.2. The van der Waals surface area contributed by atoms with Gasteiger partial charge in [0, 0.05) is 11.3 Å². The topological polar surface area (TPSA) is 64.3 Å². The number of nitrogen functional groups attached to an aromatic ring is 1. The second-order valence-electron chi connectivity index (χ2n) is 5.01. The maximum atomic E-state index is 11.6. The molecule has 1 fully saturated rings. The lowest BCUT2D eigenvalue weighted by molar-refractivity contribution is 0.0602. The number of esters is 1. The Hall–Kier alpha value is -1.36. The molecule has 0 saturated carbocycles. The Balaban J connectivity index is 2.10. The molecule has 1 atom stereocenters. The van der Waals surface area contributed by atoms with Crippen LogP contribution in [0.3, 0.4) is 0 Å². The van der Waals surface area contributed by atoms with Crippen molar-refractivity contribution in [2.45, 2.75) is 24.5 Å². The number of methoxy groups -OCH3 is 1. The molecule has 1 aliphatic rings. The van der Waals surface area contributed by atoms with Crippen LogP contribution in [0.15, 0.2) is 18.2 Å². The van der Waals surface area contributed by atoms with Crippen molar-refractivity contribution in [2.24, 2.45) is 0 Å². The first-order valence-corrected chi connectivity index (χ1v) is 7.39. The van der Waals surface area contributed by atoms with Gasteiger partial charge < -0.3 is 15.8 Å². The van der Waals surface area contributed by atoms with Crippen LogP contribution in [0.4, 0.5) is 11.4 Å². The zero-order chi connectivity index (χ0) is 13.9. The monoisotopic (exact) mass is 280 g/mol. The van der Waals surface area contributed by atoms with Crippen LogP contribution in [0.2, 0.25) is 0 Å². The van der Waals surface area contributed by atoms with Crippen molar-refractivity contribution in [2.75, 3.05) is 30.5 Å². The van der Waals surface area contributed by atoms with E-state index in [9.17, 15) is 4.79 Å². The predicted octanol–water partition coefficient (Wildman–Crippen LogP) is 2.75. The molecule has 5 heteroatoms. The highest BCUT2D eigenvalue weighted by Gasteiger charge is 2.29. The fraction of sp³-hybridized carbons (Fsp3) is 0.500. The van der Waals surface area contributed by atoms with Crippen LogP contribution in [0.5, 0.6) is 0 Å². The van der Waals surface area contributed by atoms with Gasteiger partial charge in [0.05, 0.1) is 24.0 Å². The Morgan fingerprint density at radius 2 is 2.37 bits per heavy atom. The number of ether oxygens (including phenoxy) is 1. The summed E-state index contributed by atoms with van der Waals surface area (Å²) in [4.78, 5) is 11.6. The fourth-order valence-electron chi connectivity index (χ4n) is 2.27. The van der Waals surface area contributed by atoms with Crippen LogP contribution in [0, 0.1) is 0 Å². The van der Waals surface area contributed by atoms with E-state index in [2.05, 4.69) is 12.2 Å². The SMILES string of the molecule is COC(=O)c1cccc(NCC2(C)CCCS2)c1N. The lowest BCUT2D eigenvalue weighted by Crippen LogP contribution is -2.27. The van der Waals surface area contributed by atoms with Crippen molar-refractivity contribution in [1.29, 1.82) is 0 Å². The number of nitrogens with one attached hydrogen (secondary N) is 1. The number of hydrogen-bond acceptors (Lipinski definition) is 5. The summed E-state index contributed by atoms with van der Waals surface area (Å²) in [5.74, 6) is 0.818. The van der Waals surface area contributed by atoms with Crippen LogP contribution in [0.1, 0.15) is 30.1 Å². The molecule has 1 aliphatic heterocycles. The van der Waals surface area contributed by atoms with E-state index in [4.69, 9.17) is 10.5 Å². The van der Waals surface area contributed by atoms with E-state index in [0.717, 1.165) is 12.2 Å². The molecule has 2 rings (SSSR count). The Kier molecular flexibility index (Phi) is 4.24. The second kappa shape index (κ2) is 5.74. The van der Waals surface area contributed by atoms with Crippen molar-refractivity contribution in [3.63, 3.8) is 0 Å². The highest BCUT2D eigenvalue weighted by Crippen LogP contribution is 2.38. The minimum atomic E-state index is -0.400. The third kappa shape index (κ3) is 3.15. The number of carbonyl (C=O) groups is 1. The minimum Gasteiger partial charge on any atom is -0.465 e. The van der Waals surface area contributed by atoms with Gasteiger partial charge in [0.25, 0.3) is 0 Å². The largest absolute Gasteiger partial charge is 0.465 e. The molecule has 1 aromatic carbocycles. The predicted molar refractivity (Wildman–Crippen MR) is 80.8 cm³/mol. The van der Waals surface area contributed by atoms with Crippen LogP contribution in [0.25, 0.3) is 0 Å². The molecule has 19 heavy (non-hydrogen) atoms. The first kappa shape index (κ1) is 14.1. The second-order valence-corrected chi connectivity index (χ2v) is 6.70. The fourth-order valence-corrected chi connectivity index (χ4v) is 3.51. The number of para-hydroxylation sites is 1. The summed E-state index contributed by atoms with van der Waals surface area (Å²) >= 11 is 1.99. The van der Waals surface area contributed by atoms with E-state index < -0.39 is 5.97 Å². The quantitative estimate of drug-likeness (QED) is 0.656. The highest BCUT2D eigenvalue weighted by molar-refractivity contribution is 8.00. The summed E-state index contributed by atoms with van der Waals surface area (Å²) in [6.07, 6.45) is 2.47. The Morgan fingerprint density at radius 3 is 3.00 bits per heavy atom. The van der Waals surface area contributed by atoms with Gasteiger partial charge in [-0.15, -0.1) is 0 Å². The third-order valence-corrected chi connectivity index (χ3v) is 5.00. The summed E-state index contributed by atoms with van der Waals surface area (Å²) in [5.41, 5.74) is 7.69. The molecule has 0 bridgehead atoms. The van der Waals surface area contributed by atoms with Crippen LogP contribution in [-0.2, 0) is 4.74 Å². The summed E-state index contributed by atoms with van der Waals surface area (Å²) in [7, 11) is 1.36. The first-order chi connectivity index (χ1) is 9.06. The zero-order valence-corrected chi connectivity index (χ0v) is 12.2. The van der Waals surface area contributed by atoms with E-state index in [0.29, 0.717) is 11.3 Å². The summed E-state index contributed by atoms with van der Waals surface area (Å²) in [5, 5.41) is 3.36. The van der Waals surface area contributed by atoms with E-state index in [-0.39, 0.29) is 4.75 Å². The van der Waals surface area contributed by atoms with E-state index >= 15 is 0 Å². The van der Waals surface area contributed by atoms with E-state index in [1.165, 1.54) is 25.7 Å². The number of nitrogens with two attached hydrogens (primary N) is 1. The molecule has 1 unspecified atom stereocenters. The number of rotatable bonds is 4. The number of benzene rings is 1. The van der Waals surface area contributed by atoms with Crippen molar-refractivity contribution < 1.29 is 9.53 Å². The number of thioether (sulfide) groups is 1. The number of carbonyl (C=O) groups excluding carboxylic acids is 1. The van der Waals surface area contributed by atoms with Gasteiger partial charge in [0.15, 0.2) is 0 Å². The lowest BCUT2D eigenvalue weighted by atomic mass is 10.1. The first-order valence-electron chi connectivity index (χ1n) is 6.40. The number of anilines is 2. The van der Waals surface area contributed by atoms with Crippen molar-refractivity contribution in [3.8, 4) is 0 Å². The van der Waals surface area contributed by atoms with Gasteiger partial charge in [-0.3, -0.25) is 0 Å². The van der Waals surface area contributed by atoms with Gasteiger partial charge in [0.1, 0.15) is 0 Å². The van der Waals surface area contributed by atoms with Gasteiger partial charge >= 0.3 is 5.97 Å². The van der Waals surface area contributed by atoms with Gasteiger partial charge in [-0.05, 0) is 37.7 Å². The molecule has 0 radical (unpaired) electrons. The third-order valence-electron chi connectivity index (χ3n) is 3.46. The maximum absolute atomic E-state index is 11.6. The summed E-state index contributed by atoms with van der Waals surface area (Å²) in [6, 6.07) is 5.39. The zero-order valence-electron chi connectivity index (χ0n) is 11.4. The maximum Gasteiger partial charge on any atom is 0.340 e. The molecule has 1 saturated heterocycles. The minimum absolute atomic E-state index is 0.258. The van der Waals surface area contributed by atoms with Crippen molar-refractivity contribution >= 4 is 29.1 Å². The summed E-state index contributed by atoms with van der Waals surface area (Å²) in [6.45, 7) is 3.12. The molecule has 1 aromatic rings. The molecular weight excluding hydrogens is 260 g/mol. The Bertz CT molecular complexity index is 471. The molecule has 0 aromatic heterocycles. The Morgan fingerprint density at radius 1 is 1.58 bits per heavy atom. The molecule has 0 aliphatic carbocycles. The van der Waals surface area contributed by atoms with Crippen LogP contribution < -0.4 is 11.1 Å². The number of hydrogen-bond donors (Lipinski definition) is 2. The van der Waals surface area contributed by atoms with Crippen LogP contribution in [-0.4, -0.2) is 30.1 Å². The van der Waals surface area contributed by atoms with Crippen molar-refractivity contribution in [3.05, 3.63) is 23.8 Å². The van der Waals surface area contributed by atoms with Gasteiger partial charge in [-0.2, -0.15) is 11.8 Å². The smallest absolute Gasteiger partial charge is 0.340 e. The van der Waals surface area contributed by atoms with Crippen LogP contribution >= 0.6 is 11.8 Å². The summed E-state index contributed by atoms with van der Waals surface area (Å²) < 4.78 is 4.98. The Labute approximate surface area is 118 Å². The van der Waals surface area contributed by atoms with Crippen molar-refractivity contribution in [1.82, 2.24) is 0 Å². The molecule has 0 spiro atoms. The molecule has 104 valence electrons. The van der Waals surface area contributed by atoms with Gasteiger partial charge in [0.2, 0.25) is 0 Å². The average Bonchev–Trinajstić information content (AvgIpc) is 2.84. The van der Waals surface area contributed by atoms with Gasteiger partial charge in [-0.1, -0.05) is 6.07 Å². The van der Waals surface area contributed by atoms with E-state index in [1.54, 1.807) is 6.07 Å². The molecular formula is C14H20N2O2S. The molecule has 3 N–H and O–H groups in total.